The molecule has 0 aromatic rings. The van der Waals surface area contributed by atoms with Crippen molar-refractivity contribution in [3.63, 3.8) is 0 Å². The van der Waals surface area contributed by atoms with E-state index in [1.165, 1.54) is 0 Å². The van der Waals surface area contributed by atoms with Crippen LogP contribution < -0.4 is 0 Å². The van der Waals surface area contributed by atoms with E-state index >= 15 is 0 Å². The molecule has 0 aromatic heterocycles. The summed E-state index contributed by atoms with van der Waals surface area (Å²) in [5.74, 6) is 1.48. The maximum absolute atomic E-state index is 10.9. The Balaban J connectivity index is 2.31. The number of thioether (sulfide) groups is 1. The van der Waals surface area contributed by atoms with Crippen LogP contribution in [0.15, 0.2) is 0 Å². The van der Waals surface area contributed by atoms with E-state index in [-0.39, 0.29) is 0 Å². The molecule has 3 heteroatoms. The number of rotatable bonds is 2. The van der Waals surface area contributed by atoms with Gasteiger partial charge in [0.1, 0.15) is 5.78 Å². The van der Waals surface area contributed by atoms with Crippen LogP contribution in [0.4, 0.5) is 0 Å². The summed E-state index contributed by atoms with van der Waals surface area (Å²) in [6.07, 6.45) is 1.80. The molecule has 1 fully saturated rings. The van der Waals surface area contributed by atoms with Crippen LogP contribution >= 0.6 is 27.7 Å². The minimum absolute atomic E-state index is 0.310. The number of alkyl halides is 1. The van der Waals surface area contributed by atoms with Crippen molar-refractivity contribution in [3.8, 4) is 0 Å². The average molecular weight is 209 g/mol. The van der Waals surface area contributed by atoms with Gasteiger partial charge < -0.3 is 0 Å². The predicted octanol–water partition coefficient (Wildman–Crippen LogP) is 1.85. The van der Waals surface area contributed by atoms with Crippen molar-refractivity contribution in [1.29, 1.82) is 0 Å². The summed E-state index contributed by atoms with van der Waals surface area (Å²) in [7, 11) is 0. The Morgan fingerprint density at radius 2 is 2.56 bits per heavy atom. The minimum atomic E-state index is 0.310. The summed E-state index contributed by atoms with van der Waals surface area (Å²) < 4.78 is 0. The van der Waals surface area contributed by atoms with E-state index in [1.807, 2.05) is 0 Å². The number of carbonyl (C=O) groups excluding carboxylic acids is 1. The van der Waals surface area contributed by atoms with Gasteiger partial charge in [-0.15, -0.1) is 0 Å². The summed E-state index contributed by atoms with van der Waals surface area (Å²) in [6, 6.07) is 0. The first-order chi connectivity index (χ1) is 4.34. The zero-order valence-corrected chi connectivity index (χ0v) is 7.50. The molecular formula is C6H9BrOS. The Hall–Kier alpha value is 0.500. The number of hydrogen-bond donors (Lipinski definition) is 0. The molecule has 0 bridgehead atoms. The van der Waals surface area contributed by atoms with Gasteiger partial charge in [0, 0.05) is 17.5 Å². The zero-order chi connectivity index (χ0) is 6.69. The lowest BCUT2D eigenvalue weighted by Crippen LogP contribution is -2.09. The van der Waals surface area contributed by atoms with E-state index < -0.39 is 0 Å². The second kappa shape index (κ2) is 3.62. The zero-order valence-electron chi connectivity index (χ0n) is 5.10. The number of halogens is 1. The molecule has 1 unspecified atom stereocenters. The summed E-state index contributed by atoms with van der Waals surface area (Å²) in [4.78, 5) is 10.9. The third-order valence-electron chi connectivity index (χ3n) is 1.40. The lowest BCUT2D eigenvalue weighted by molar-refractivity contribution is -0.117. The van der Waals surface area contributed by atoms with Gasteiger partial charge >= 0.3 is 0 Å². The first-order valence-corrected chi connectivity index (χ1v) is 5.22. The lowest BCUT2D eigenvalue weighted by atomic mass is 10.2. The van der Waals surface area contributed by atoms with Gasteiger partial charge in [0.25, 0.3) is 0 Å². The highest BCUT2D eigenvalue weighted by Crippen LogP contribution is 2.25. The monoisotopic (exact) mass is 208 g/mol. The molecule has 1 nitrogen and oxygen atoms in total. The topological polar surface area (TPSA) is 17.1 Å². The normalized spacial score (nSPS) is 27.2. The van der Waals surface area contributed by atoms with E-state index in [2.05, 4.69) is 15.9 Å². The second-order valence-corrected chi connectivity index (χ2v) is 4.16. The van der Waals surface area contributed by atoms with E-state index in [0.717, 1.165) is 23.9 Å². The number of Topliss-reactive ketones (excluding diaryl/α,β-unsaturated/α-hetero) is 1. The first kappa shape index (κ1) is 7.61. The molecule has 1 aliphatic heterocycles. The smallest absolute Gasteiger partial charge is 0.146 e. The van der Waals surface area contributed by atoms with Crippen LogP contribution in [-0.2, 0) is 4.79 Å². The fraction of sp³-hybridized carbons (Fsp3) is 0.833. The van der Waals surface area contributed by atoms with Crippen LogP contribution in [0.25, 0.3) is 0 Å². The van der Waals surface area contributed by atoms with Crippen LogP contribution in [-0.4, -0.2) is 22.1 Å². The van der Waals surface area contributed by atoms with Crippen molar-refractivity contribution in [2.24, 2.45) is 0 Å². The molecule has 0 aliphatic carbocycles. The number of carbonyl (C=O) groups is 1. The van der Waals surface area contributed by atoms with Gasteiger partial charge in [0.2, 0.25) is 0 Å². The Morgan fingerprint density at radius 1 is 1.78 bits per heavy atom. The standard InChI is InChI=1S/C6H9BrOS/c7-3-1-6-5(8)2-4-9-6/h6H,1-4H2. The van der Waals surface area contributed by atoms with Gasteiger partial charge in [0.05, 0.1) is 5.25 Å². The Bertz CT molecular complexity index is 116. The first-order valence-electron chi connectivity index (χ1n) is 3.05. The van der Waals surface area contributed by atoms with E-state index in [0.29, 0.717) is 11.0 Å². The second-order valence-electron chi connectivity index (χ2n) is 2.05. The largest absolute Gasteiger partial charge is 0.298 e. The highest BCUT2D eigenvalue weighted by atomic mass is 79.9. The highest BCUT2D eigenvalue weighted by Gasteiger charge is 2.23. The molecule has 1 saturated heterocycles. The van der Waals surface area contributed by atoms with Crippen molar-refractivity contribution in [3.05, 3.63) is 0 Å². The highest BCUT2D eigenvalue weighted by molar-refractivity contribution is 9.09. The average Bonchev–Trinajstić information content (AvgIpc) is 2.18. The van der Waals surface area contributed by atoms with Crippen molar-refractivity contribution in [2.45, 2.75) is 18.1 Å². The molecule has 1 heterocycles. The Kier molecular flexibility index (Phi) is 3.06. The fourth-order valence-corrected chi connectivity index (χ4v) is 2.85. The van der Waals surface area contributed by atoms with Crippen LogP contribution in [0.5, 0.6) is 0 Å². The van der Waals surface area contributed by atoms with Crippen molar-refractivity contribution in [1.82, 2.24) is 0 Å². The third-order valence-corrected chi connectivity index (χ3v) is 3.20. The molecule has 52 valence electrons. The van der Waals surface area contributed by atoms with E-state index in [1.54, 1.807) is 11.8 Å². The van der Waals surface area contributed by atoms with Crippen molar-refractivity contribution < 1.29 is 4.79 Å². The molecule has 0 saturated carbocycles. The summed E-state index contributed by atoms with van der Waals surface area (Å²) in [5.41, 5.74) is 0. The SMILES string of the molecule is O=C1CCSC1CCBr. The van der Waals surface area contributed by atoms with Gasteiger partial charge in [-0.25, -0.2) is 0 Å². The Labute approximate surface area is 67.7 Å². The van der Waals surface area contributed by atoms with E-state index in [4.69, 9.17) is 0 Å². The minimum Gasteiger partial charge on any atom is -0.298 e. The van der Waals surface area contributed by atoms with Crippen molar-refractivity contribution >= 4 is 33.5 Å². The van der Waals surface area contributed by atoms with Gasteiger partial charge in [-0.1, -0.05) is 15.9 Å². The quantitative estimate of drug-likeness (QED) is 0.645. The summed E-state index contributed by atoms with van der Waals surface area (Å²) in [6.45, 7) is 0. The molecule has 0 spiro atoms. The lowest BCUT2D eigenvalue weighted by Gasteiger charge is -2.01. The summed E-state index contributed by atoms with van der Waals surface area (Å²) >= 11 is 5.12. The molecule has 1 rings (SSSR count). The van der Waals surface area contributed by atoms with Crippen molar-refractivity contribution in [2.75, 3.05) is 11.1 Å². The molecular weight excluding hydrogens is 200 g/mol. The van der Waals surface area contributed by atoms with Gasteiger partial charge in [-0.05, 0) is 6.42 Å². The van der Waals surface area contributed by atoms with E-state index in [9.17, 15) is 4.79 Å². The molecule has 1 aliphatic rings. The van der Waals surface area contributed by atoms with Crippen LogP contribution in [0.3, 0.4) is 0 Å². The molecule has 0 amide bonds. The third kappa shape index (κ3) is 1.97. The maximum Gasteiger partial charge on any atom is 0.146 e. The predicted molar refractivity (Wildman–Crippen MR) is 44.3 cm³/mol. The van der Waals surface area contributed by atoms with Gasteiger partial charge in [-0.3, -0.25) is 4.79 Å². The summed E-state index contributed by atoms with van der Waals surface area (Å²) in [5, 5.41) is 1.26. The molecule has 0 aromatic carbocycles. The van der Waals surface area contributed by atoms with Crippen LogP contribution in [0.1, 0.15) is 12.8 Å². The fourth-order valence-electron chi connectivity index (χ4n) is 0.899. The van der Waals surface area contributed by atoms with Crippen LogP contribution in [0, 0.1) is 0 Å². The maximum atomic E-state index is 10.9. The van der Waals surface area contributed by atoms with Crippen LogP contribution in [0.2, 0.25) is 0 Å². The molecule has 0 radical (unpaired) electrons. The molecule has 9 heavy (non-hydrogen) atoms. The molecule has 0 N–H and O–H groups in total. The molecule has 1 atom stereocenters. The van der Waals surface area contributed by atoms with Gasteiger partial charge in [0.15, 0.2) is 0 Å². The number of hydrogen-bond acceptors (Lipinski definition) is 2. The number of ketones is 1. The van der Waals surface area contributed by atoms with Gasteiger partial charge in [-0.2, -0.15) is 11.8 Å². The Morgan fingerprint density at radius 3 is 3.00 bits per heavy atom.